The fraction of sp³-hybridized carbons (Fsp3) is 0.312. The van der Waals surface area contributed by atoms with Crippen molar-refractivity contribution in [2.75, 3.05) is 20.3 Å². The minimum Gasteiger partial charge on any atom is -0.493 e. The molecule has 22 heavy (non-hydrogen) atoms. The number of nitrogens with one attached hydrogen (secondary N) is 1. The SMILES string of the molecule is COc1cc(C(=O)NC(C)c2ccco2)cc2c1OCCO2. The van der Waals surface area contributed by atoms with Gasteiger partial charge in [-0.05, 0) is 31.2 Å². The van der Waals surface area contributed by atoms with E-state index in [4.69, 9.17) is 18.6 Å². The second kappa shape index (κ2) is 6.01. The van der Waals surface area contributed by atoms with Crippen LogP contribution < -0.4 is 19.5 Å². The molecule has 1 amide bonds. The quantitative estimate of drug-likeness (QED) is 0.940. The lowest BCUT2D eigenvalue weighted by Gasteiger charge is -2.21. The topological polar surface area (TPSA) is 69.9 Å². The Bertz CT molecular complexity index is 648. The number of hydrogen-bond acceptors (Lipinski definition) is 5. The molecule has 2 heterocycles. The first kappa shape index (κ1) is 14.3. The second-order valence-electron chi connectivity index (χ2n) is 4.91. The van der Waals surface area contributed by atoms with Crippen molar-refractivity contribution in [3.8, 4) is 17.2 Å². The molecule has 1 aromatic carbocycles. The summed E-state index contributed by atoms with van der Waals surface area (Å²) in [4.78, 5) is 12.4. The zero-order chi connectivity index (χ0) is 15.5. The van der Waals surface area contributed by atoms with E-state index in [1.165, 1.54) is 7.11 Å². The molecule has 1 aromatic heterocycles. The number of benzene rings is 1. The van der Waals surface area contributed by atoms with Crippen LogP contribution in [0.5, 0.6) is 17.2 Å². The molecule has 0 saturated heterocycles. The Morgan fingerprint density at radius 3 is 2.86 bits per heavy atom. The first-order chi connectivity index (χ1) is 10.7. The lowest BCUT2D eigenvalue weighted by Crippen LogP contribution is -2.26. The molecule has 1 aliphatic heterocycles. The Balaban J connectivity index is 1.83. The van der Waals surface area contributed by atoms with Gasteiger partial charge in [0.1, 0.15) is 19.0 Å². The van der Waals surface area contributed by atoms with Gasteiger partial charge in [0.15, 0.2) is 11.5 Å². The van der Waals surface area contributed by atoms with Crippen LogP contribution in [0, 0.1) is 0 Å². The summed E-state index contributed by atoms with van der Waals surface area (Å²) in [6, 6.07) is 6.65. The maximum atomic E-state index is 12.4. The first-order valence-corrected chi connectivity index (χ1v) is 7.01. The summed E-state index contributed by atoms with van der Waals surface area (Å²) in [6.07, 6.45) is 1.57. The van der Waals surface area contributed by atoms with Crippen molar-refractivity contribution in [2.24, 2.45) is 0 Å². The fourth-order valence-electron chi connectivity index (χ4n) is 2.29. The van der Waals surface area contributed by atoms with Gasteiger partial charge in [-0.15, -0.1) is 0 Å². The summed E-state index contributed by atoms with van der Waals surface area (Å²) in [7, 11) is 1.53. The van der Waals surface area contributed by atoms with Crippen LogP contribution in [0.25, 0.3) is 0 Å². The molecule has 0 spiro atoms. The lowest BCUT2D eigenvalue weighted by atomic mass is 10.1. The smallest absolute Gasteiger partial charge is 0.252 e. The van der Waals surface area contributed by atoms with Crippen LogP contribution in [-0.2, 0) is 0 Å². The molecule has 1 unspecified atom stereocenters. The van der Waals surface area contributed by atoms with E-state index < -0.39 is 0 Å². The van der Waals surface area contributed by atoms with Crippen LogP contribution in [0.1, 0.15) is 29.1 Å². The minimum absolute atomic E-state index is 0.235. The van der Waals surface area contributed by atoms with Crippen LogP contribution in [-0.4, -0.2) is 26.2 Å². The molecule has 1 atom stereocenters. The van der Waals surface area contributed by atoms with Gasteiger partial charge >= 0.3 is 0 Å². The number of hydrogen-bond donors (Lipinski definition) is 1. The number of rotatable bonds is 4. The summed E-state index contributed by atoms with van der Waals surface area (Å²) in [5.74, 6) is 1.98. The van der Waals surface area contributed by atoms with Crippen molar-refractivity contribution in [1.29, 1.82) is 0 Å². The molecule has 3 rings (SSSR count). The Hall–Kier alpha value is -2.63. The standard InChI is InChI=1S/C16H17NO5/c1-10(12-4-3-5-20-12)17-16(18)11-8-13(19-2)15-14(9-11)21-6-7-22-15/h3-5,8-10H,6-7H2,1-2H3,(H,17,18). The third-order valence-corrected chi connectivity index (χ3v) is 3.41. The van der Waals surface area contributed by atoms with Crippen molar-refractivity contribution in [2.45, 2.75) is 13.0 Å². The zero-order valence-corrected chi connectivity index (χ0v) is 12.4. The van der Waals surface area contributed by atoms with Crippen LogP contribution in [0.15, 0.2) is 34.9 Å². The maximum absolute atomic E-state index is 12.4. The predicted molar refractivity (Wildman–Crippen MR) is 78.6 cm³/mol. The fourth-order valence-corrected chi connectivity index (χ4v) is 2.29. The van der Waals surface area contributed by atoms with Crippen molar-refractivity contribution in [1.82, 2.24) is 5.32 Å². The monoisotopic (exact) mass is 303 g/mol. The Morgan fingerprint density at radius 1 is 1.32 bits per heavy atom. The molecular weight excluding hydrogens is 286 g/mol. The number of methoxy groups -OCH3 is 1. The van der Waals surface area contributed by atoms with Gasteiger partial charge in [0.2, 0.25) is 5.75 Å². The number of furan rings is 1. The second-order valence-corrected chi connectivity index (χ2v) is 4.91. The molecular formula is C16H17NO5. The van der Waals surface area contributed by atoms with E-state index in [9.17, 15) is 4.79 Å². The van der Waals surface area contributed by atoms with Gasteiger partial charge in [-0.25, -0.2) is 0 Å². The molecule has 6 heteroatoms. The molecule has 116 valence electrons. The average molecular weight is 303 g/mol. The molecule has 0 radical (unpaired) electrons. The summed E-state index contributed by atoms with van der Waals surface area (Å²) in [5.41, 5.74) is 0.444. The van der Waals surface area contributed by atoms with E-state index in [0.717, 1.165) is 0 Å². The van der Waals surface area contributed by atoms with Crippen LogP contribution >= 0.6 is 0 Å². The highest BCUT2D eigenvalue weighted by molar-refractivity contribution is 5.95. The molecule has 1 N–H and O–H groups in total. The zero-order valence-electron chi connectivity index (χ0n) is 12.4. The average Bonchev–Trinajstić information content (AvgIpc) is 3.08. The molecule has 0 aliphatic carbocycles. The van der Waals surface area contributed by atoms with Gasteiger partial charge in [0.25, 0.3) is 5.91 Å². The van der Waals surface area contributed by atoms with E-state index in [-0.39, 0.29) is 11.9 Å². The maximum Gasteiger partial charge on any atom is 0.252 e. The molecule has 6 nitrogen and oxygen atoms in total. The number of amides is 1. The van der Waals surface area contributed by atoms with Crippen molar-refractivity contribution in [3.05, 3.63) is 41.9 Å². The lowest BCUT2D eigenvalue weighted by molar-refractivity contribution is 0.0933. The summed E-state index contributed by atoms with van der Waals surface area (Å²) in [5, 5.41) is 2.87. The normalized spacial score (nSPS) is 14.3. The number of ether oxygens (including phenoxy) is 3. The Labute approximate surface area is 128 Å². The molecule has 2 aromatic rings. The van der Waals surface area contributed by atoms with Gasteiger partial charge in [0, 0.05) is 5.56 Å². The van der Waals surface area contributed by atoms with E-state index in [2.05, 4.69) is 5.32 Å². The van der Waals surface area contributed by atoms with E-state index in [1.54, 1.807) is 24.5 Å². The Morgan fingerprint density at radius 2 is 2.14 bits per heavy atom. The van der Waals surface area contributed by atoms with Crippen molar-refractivity contribution >= 4 is 5.91 Å². The summed E-state index contributed by atoms with van der Waals surface area (Å²) >= 11 is 0. The highest BCUT2D eigenvalue weighted by Gasteiger charge is 2.22. The van der Waals surface area contributed by atoms with Crippen LogP contribution in [0.2, 0.25) is 0 Å². The van der Waals surface area contributed by atoms with Crippen LogP contribution in [0.4, 0.5) is 0 Å². The van der Waals surface area contributed by atoms with Gasteiger partial charge in [-0.3, -0.25) is 4.79 Å². The van der Waals surface area contributed by atoms with Gasteiger partial charge in [-0.2, -0.15) is 0 Å². The summed E-state index contributed by atoms with van der Waals surface area (Å²) < 4.78 is 21.6. The highest BCUT2D eigenvalue weighted by atomic mass is 16.6. The van der Waals surface area contributed by atoms with E-state index in [1.807, 2.05) is 13.0 Å². The van der Waals surface area contributed by atoms with Gasteiger partial charge < -0.3 is 23.9 Å². The summed E-state index contributed by atoms with van der Waals surface area (Å²) in [6.45, 7) is 2.76. The van der Waals surface area contributed by atoms with Crippen molar-refractivity contribution < 1.29 is 23.4 Å². The third-order valence-electron chi connectivity index (χ3n) is 3.41. The molecule has 0 saturated carbocycles. The van der Waals surface area contributed by atoms with Gasteiger partial charge in [-0.1, -0.05) is 0 Å². The van der Waals surface area contributed by atoms with Crippen molar-refractivity contribution in [3.63, 3.8) is 0 Å². The highest BCUT2D eigenvalue weighted by Crippen LogP contribution is 2.40. The van der Waals surface area contributed by atoms with Crippen LogP contribution in [0.3, 0.4) is 0 Å². The Kier molecular flexibility index (Phi) is 3.91. The number of carbonyl (C=O) groups is 1. The van der Waals surface area contributed by atoms with Gasteiger partial charge in [0.05, 0.1) is 19.4 Å². The predicted octanol–water partition coefficient (Wildman–Crippen LogP) is 2.55. The number of carbonyl (C=O) groups excluding carboxylic acids is 1. The minimum atomic E-state index is -0.237. The third kappa shape index (κ3) is 2.72. The van der Waals surface area contributed by atoms with E-state index >= 15 is 0 Å². The molecule has 0 fully saturated rings. The first-order valence-electron chi connectivity index (χ1n) is 7.01. The molecule has 0 bridgehead atoms. The number of fused-ring (bicyclic) bond motifs is 1. The largest absolute Gasteiger partial charge is 0.493 e. The van der Waals surface area contributed by atoms with E-state index in [0.29, 0.717) is 41.8 Å². The molecule has 1 aliphatic rings.